The van der Waals surface area contributed by atoms with E-state index in [1.165, 1.54) is 12.1 Å². The molecule has 0 aromatic heterocycles. The Kier molecular flexibility index (Phi) is 5.59. The maximum absolute atomic E-state index is 13.3. The molecule has 6 heteroatoms. The molecular weight excluding hydrogens is 290 g/mol. The van der Waals surface area contributed by atoms with Gasteiger partial charge in [-0.2, -0.15) is 0 Å². The van der Waals surface area contributed by atoms with E-state index in [1.807, 2.05) is 13.8 Å². The monoisotopic (exact) mass is 306 g/mol. The van der Waals surface area contributed by atoms with Crippen molar-refractivity contribution in [3.8, 4) is 0 Å². The number of carbonyl (C=O) groups excluding carboxylic acids is 1. The topological polar surface area (TPSA) is 32.3 Å². The maximum Gasteiger partial charge on any atom is 0.254 e. The molecule has 1 aliphatic rings. The van der Waals surface area contributed by atoms with Gasteiger partial charge in [0.05, 0.1) is 5.02 Å². The largest absolute Gasteiger partial charge is 0.336 e. The lowest BCUT2D eigenvalue weighted by molar-refractivity contribution is 0.0673. The highest BCUT2D eigenvalue weighted by molar-refractivity contribution is 6.30. The molecule has 0 radical (unpaired) electrons. The highest BCUT2D eigenvalue weighted by Crippen LogP contribution is 2.17. The molecule has 0 saturated carbocycles. The van der Waals surface area contributed by atoms with E-state index < -0.39 is 5.82 Å². The second kappa shape index (κ2) is 6.55. The average molecular weight is 307 g/mol. The van der Waals surface area contributed by atoms with Crippen molar-refractivity contribution in [1.82, 2.24) is 10.2 Å². The fraction of sp³-hybridized carbons (Fsp3) is 0.462. The van der Waals surface area contributed by atoms with Gasteiger partial charge in [-0.25, -0.2) is 4.39 Å². The molecule has 1 N–H and O–H groups in total. The average Bonchev–Trinajstić information content (AvgIpc) is 2.30. The molecule has 1 aromatic rings. The van der Waals surface area contributed by atoms with E-state index in [-0.39, 0.29) is 35.4 Å². The minimum Gasteiger partial charge on any atom is -0.336 e. The smallest absolute Gasteiger partial charge is 0.254 e. The van der Waals surface area contributed by atoms with E-state index in [4.69, 9.17) is 11.6 Å². The van der Waals surface area contributed by atoms with E-state index in [2.05, 4.69) is 5.32 Å². The Morgan fingerprint density at radius 3 is 2.47 bits per heavy atom. The van der Waals surface area contributed by atoms with Gasteiger partial charge in [0.15, 0.2) is 0 Å². The summed E-state index contributed by atoms with van der Waals surface area (Å²) in [6, 6.07) is 4.66. The van der Waals surface area contributed by atoms with E-state index in [0.717, 1.165) is 0 Å². The highest BCUT2D eigenvalue weighted by Gasteiger charge is 2.25. The van der Waals surface area contributed by atoms with Crippen molar-refractivity contribution >= 4 is 29.9 Å². The van der Waals surface area contributed by atoms with Gasteiger partial charge < -0.3 is 10.2 Å². The Morgan fingerprint density at radius 2 is 1.95 bits per heavy atom. The molecule has 1 aromatic carbocycles. The van der Waals surface area contributed by atoms with Crippen molar-refractivity contribution < 1.29 is 9.18 Å². The second-order valence-corrected chi connectivity index (χ2v) is 5.21. The minimum atomic E-state index is -0.557. The van der Waals surface area contributed by atoms with Gasteiger partial charge >= 0.3 is 0 Å². The molecule has 2 atom stereocenters. The highest BCUT2D eigenvalue weighted by atomic mass is 35.5. The van der Waals surface area contributed by atoms with E-state index in [9.17, 15) is 9.18 Å². The zero-order valence-corrected chi connectivity index (χ0v) is 12.4. The summed E-state index contributed by atoms with van der Waals surface area (Å²) in [4.78, 5) is 14.0. The minimum absolute atomic E-state index is 0. The van der Waals surface area contributed by atoms with Gasteiger partial charge in [0.25, 0.3) is 5.91 Å². The van der Waals surface area contributed by atoms with E-state index in [0.29, 0.717) is 18.7 Å². The molecular formula is C13H17Cl2FN2O. The second-order valence-electron chi connectivity index (χ2n) is 4.81. The van der Waals surface area contributed by atoms with Crippen LogP contribution in [0.15, 0.2) is 18.2 Å². The summed E-state index contributed by atoms with van der Waals surface area (Å²) < 4.78 is 13.3. The van der Waals surface area contributed by atoms with Crippen LogP contribution in [0, 0.1) is 5.82 Å². The van der Waals surface area contributed by atoms with Crippen molar-refractivity contribution in [1.29, 1.82) is 0 Å². The summed E-state index contributed by atoms with van der Waals surface area (Å²) in [5.41, 5.74) is 0.346. The number of rotatable bonds is 1. The Balaban J connectivity index is 0.00000180. The lowest BCUT2D eigenvalue weighted by Gasteiger charge is -2.36. The molecule has 1 amide bonds. The predicted octanol–water partition coefficient (Wildman–Crippen LogP) is 2.72. The van der Waals surface area contributed by atoms with Crippen LogP contribution in [0.2, 0.25) is 5.02 Å². The first-order valence-corrected chi connectivity index (χ1v) is 6.35. The maximum atomic E-state index is 13.3. The van der Waals surface area contributed by atoms with E-state index in [1.54, 1.807) is 11.0 Å². The summed E-state index contributed by atoms with van der Waals surface area (Å²) >= 11 is 5.61. The fourth-order valence-corrected chi connectivity index (χ4v) is 2.42. The Morgan fingerprint density at radius 1 is 1.37 bits per heavy atom. The lowest BCUT2D eigenvalue weighted by atomic mass is 10.1. The summed E-state index contributed by atoms with van der Waals surface area (Å²) in [5, 5.41) is 3.38. The Hall–Kier alpha value is -0.840. The van der Waals surface area contributed by atoms with Crippen LogP contribution in [0.3, 0.4) is 0 Å². The standard InChI is InChI=1S/C13H16ClFN2O.ClH/c1-8-6-17(7-9(2)16-8)13(18)10-3-4-11(14)12(15)5-10;/h3-5,8-9,16H,6-7H2,1-2H3;1H. The number of hydrogen-bond acceptors (Lipinski definition) is 2. The third kappa shape index (κ3) is 3.81. The molecule has 19 heavy (non-hydrogen) atoms. The molecule has 1 fully saturated rings. The molecule has 1 aliphatic heterocycles. The number of halogens is 3. The van der Waals surface area contributed by atoms with E-state index >= 15 is 0 Å². The summed E-state index contributed by atoms with van der Waals surface area (Å²) in [5.74, 6) is -0.704. The predicted molar refractivity (Wildman–Crippen MR) is 76.6 cm³/mol. The van der Waals surface area contributed by atoms with Crippen LogP contribution in [0.1, 0.15) is 24.2 Å². The normalized spacial score (nSPS) is 22.8. The SMILES string of the molecule is CC1CN(C(=O)c2ccc(Cl)c(F)c2)CC(C)N1.Cl. The van der Waals surface area contributed by atoms with Crippen molar-refractivity contribution in [2.45, 2.75) is 25.9 Å². The lowest BCUT2D eigenvalue weighted by Crippen LogP contribution is -2.55. The van der Waals surface area contributed by atoms with Crippen molar-refractivity contribution in [2.24, 2.45) is 0 Å². The molecule has 0 spiro atoms. The number of amides is 1. The molecule has 3 nitrogen and oxygen atoms in total. The first-order chi connectivity index (χ1) is 8.47. The van der Waals surface area contributed by atoms with Crippen LogP contribution < -0.4 is 5.32 Å². The molecule has 1 heterocycles. The Labute approximate surface area is 123 Å². The van der Waals surface area contributed by atoms with Crippen LogP contribution >= 0.6 is 24.0 Å². The van der Waals surface area contributed by atoms with Crippen LogP contribution in [-0.2, 0) is 0 Å². The van der Waals surface area contributed by atoms with Crippen LogP contribution in [0.5, 0.6) is 0 Å². The zero-order valence-electron chi connectivity index (χ0n) is 10.8. The quantitative estimate of drug-likeness (QED) is 0.865. The molecule has 1 saturated heterocycles. The number of benzene rings is 1. The summed E-state index contributed by atoms with van der Waals surface area (Å²) in [6.07, 6.45) is 0. The third-order valence-corrected chi connectivity index (χ3v) is 3.32. The van der Waals surface area contributed by atoms with Gasteiger partial charge in [0, 0.05) is 30.7 Å². The fourth-order valence-electron chi connectivity index (χ4n) is 2.30. The molecule has 0 aliphatic carbocycles. The van der Waals surface area contributed by atoms with Gasteiger partial charge in [-0.15, -0.1) is 12.4 Å². The number of nitrogens with zero attached hydrogens (tertiary/aromatic N) is 1. The van der Waals surface area contributed by atoms with Gasteiger partial charge in [-0.3, -0.25) is 4.79 Å². The first kappa shape index (κ1) is 16.2. The van der Waals surface area contributed by atoms with Gasteiger partial charge in [-0.1, -0.05) is 11.6 Å². The number of hydrogen-bond donors (Lipinski definition) is 1. The molecule has 2 rings (SSSR count). The number of nitrogens with one attached hydrogen (secondary N) is 1. The third-order valence-electron chi connectivity index (χ3n) is 3.01. The summed E-state index contributed by atoms with van der Waals surface area (Å²) in [7, 11) is 0. The van der Waals surface area contributed by atoms with Gasteiger partial charge in [0.2, 0.25) is 0 Å². The molecule has 106 valence electrons. The number of carbonyl (C=O) groups is 1. The molecule has 0 bridgehead atoms. The van der Waals surface area contributed by atoms with Crippen molar-refractivity contribution in [3.63, 3.8) is 0 Å². The number of piperazine rings is 1. The van der Waals surface area contributed by atoms with Gasteiger partial charge in [0.1, 0.15) is 5.82 Å². The van der Waals surface area contributed by atoms with Crippen LogP contribution in [-0.4, -0.2) is 36.0 Å². The van der Waals surface area contributed by atoms with Crippen LogP contribution in [0.4, 0.5) is 4.39 Å². The molecule has 2 unspecified atom stereocenters. The summed E-state index contributed by atoms with van der Waals surface area (Å²) in [6.45, 7) is 5.32. The van der Waals surface area contributed by atoms with Crippen molar-refractivity contribution in [2.75, 3.05) is 13.1 Å². The zero-order chi connectivity index (χ0) is 13.3. The van der Waals surface area contributed by atoms with Crippen LogP contribution in [0.25, 0.3) is 0 Å². The van der Waals surface area contributed by atoms with Crippen molar-refractivity contribution in [3.05, 3.63) is 34.6 Å². The first-order valence-electron chi connectivity index (χ1n) is 5.97. The van der Waals surface area contributed by atoms with Gasteiger partial charge in [-0.05, 0) is 32.0 Å². The Bertz CT molecular complexity index is 460.